The Morgan fingerprint density at radius 3 is 2.45 bits per heavy atom. The van der Waals surface area contributed by atoms with Crippen molar-refractivity contribution in [3.8, 4) is 0 Å². The molecule has 1 aromatic heterocycles. The molecule has 1 N–H and O–H groups in total. The van der Waals surface area contributed by atoms with E-state index in [-0.39, 0.29) is 12.5 Å². The molecule has 112 valence electrons. The van der Waals surface area contributed by atoms with Crippen LogP contribution in [-0.4, -0.2) is 36.1 Å². The van der Waals surface area contributed by atoms with Gasteiger partial charge in [0.15, 0.2) is 0 Å². The SMILES string of the molecule is CCCN1CCC(CNc2c(F)c(F)nc(F)c2F)C1. The lowest BCUT2D eigenvalue weighted by atomic mass is 10.1. The average molecular weight is 291 g/mol. The van der Waals surface area contributed by atoms with Crippen LogP contribution in [0.25, 0.3) is 0 Å². The largest absolute Gasteiger partial charge is 0.380 e. The van der Waals surface area contributed by atoms with Crippen LogP contribution >= 0.6 is 0 Å². The quantitative estimate of drug-likeness (QED) is 0.668. The van der Waals surface area contributed by atoms with Crippen molar-refractivity contribution < 1.29 is 17.6 Å². The standard InChI is InChI=1S/C13H17F4N3/c1-2-4-20-5-3-8(7-20)6-18-11-9(14)12(16)19-13(17)10(11)15/h8H,2-7H2,1H3,(H,18,19). The number of rotatable bonds is 5. The number of pyridine rings is 1. The molecule has 1 saturated heterocycles. The fourth-order valence-electron chi connectivity index (χ4n) is 2.49. The van der Waals surface area contributed by atoms with E-state index in [9.17, 15) is 17.6 Å². The van der Waals surface area contributed by atoms with Crippen LogP contribution < -0.4 is 5.32 Å². The molecule has 0 aromatic carbocycles. The van der Waals surface area contributed by atoms with Gasteiger partial charge in [0.05, 0.1) is 0 Å². The maximum atomic E-state index is 13.4. The van der Waals surface area contributed by atoms with E-state index in [4.69, 9.17) is 0 Å². The third kappa shape index (κ3) is 3.20. The van der Waals surface area contributed by atoms with Crippen LogP contribution in [-0.2, 0) is 0 Å². The van der Waals surface area contributed by atoms with Crippen LogP contribution in [0.4, 0.5) is 23.2 Å². The van der Waals surface area contributed by atoms with Gasteiger partial charge in [-0.1, -0.05) is 6.92 Å². The summed E-state index contributed by atoms with van der Waals surface area (Å²) >= 11 is 0. The second-order valence-electron chi connectivity index (χ2n) is 5.03. The fraction of sp³-hybridized carbons (Fsp3) is 0.615. The number of nitrogens with zero attached hydrogens (tertiary/aromatic N) is 2. The molecule has 1 atom stereocenters. The molecule has 1 aromatic rings. The van der Waals surface area contributed by atoms with Crippen molar-refractivity contribution in [3.63, 3.8) is 0 Å². The van der Waals surface area contributed by atoms with Gasteiger partial charge in [-0.05, 0) is 31.8 Å². The first-order valence-corrected chi connectivity index (χ1v) is 6.69. The Morgan fingerprint density at radius 2 is 1.85 bits per heavy atom. The minimum Gasteiger partial charge on any atom is -0.380 e. The first-order chi connectivity index (χ1) is 9.52. The van der Waals surface area contributed by atoms with E-state index < -0.39 is 29.2 Å². The van der Waals surface area contributed by atoms with Crippen molar-refractivity contribution >= 4 is 5.69 Å². The molecule has 2 heterocycles. The van der Waals surface area contributed by atoms with Crippen LogP contribution in [0.3, 0.4) is 0 Å². The summed E-state index contributed by atoms with van der Waals surface area (Å²) in [5, 5.41) is 2.47. The summed E-state index contributed by atoms with van der Waals surface area (Å²) < 4.78 is 52.7. The Labute approximate surface area is 115 Å². The van der Waals surface area contributed by atoms with Crippen LogP contribution in [0, 0.1) is 29.4 Å². The number of likely N-dealkylation sites (tertiary alicyclic amines) is 1. The van der Waals surface area contributed by atoms with Crippen LogP contribution in [0.15, 0.2) is 0 Å². The van der Waals surface area contributed by atoms with Gasteiger partial charge in [0.25, 0.3) is 11.9 Å². The van der Waals surface area contributed by atoms with Gasteiger partial charge in [-0.2, -0.15) is 22.5 Å². The highest BCUT2D eigenvalue weighted by Gasteiger charge is 2.24. The molecule has 0 amide bonds. The molecule has 1 aliphatic heterocycles. The molecule has 1 fully saturated rings. The molecule has 20 heavy (non-hydrogen) atoms. The van der Waals surface area contributed by atoms with E-state index in [2.05, 4.69) is 22.1 Å². The summed E-state index contributed by atoms with van der Waals surface area (Å²) in [6.45, 7) is 5.10. The third-order valence-electron chi connectivity index (χ3n) is 3.47. The highest BCUT2D eigenvalue weighted by atomic mass is 19.2. The lowest BCUT2D eigenvalue weighted by Crippen LogP contribution is -2.24. The minimum atomic E-state index is -1.63. The van der Waals surface area contributed by atoms with E-state index >= 15 is 0 Å². The van der Waals surface area contributed by atoms with E-state index in [1.807, 2.05) is 0 Å². The van der Waals surface area contributed by atoms with Crippen molar-refractivity contribution in [2.45, 2.75) is 19.8 Å². The first-order valence-electron chi connectivity index (χ1n) is 6.69. The molecule has 0 saturated carbocycles. The highest BCUT2D eigenvalue weighted by Crippen LogP contribution is 2.23. The van der Waals surface area contributed by atoms with Crippen molar-refractivity contribution in [3.05, 3.63) is 23.5 Å². The van der Waals surface area contributed by atoms with Gasteiger partial charge in [-0.15, -0.1) is 0 Å². The molecule has 0 radical (unpaired) electrons. The van der Waals surface area contributed by atoms with Gasteiger partial charge in [0.2, 0.25) is 11.6 Å². The number of anilines is 1. The summed E-state index contributed by atoms with van der Waals surface area (Å²) in [4.78, 5) is 4.77. The molecule has 2 rings (SSSR count). The van der Waals surface area contributed by atoms with E-state index in [0.717, 1.165) is 32.5 Å². The van der Waals surface area contributed by atoms with Gasteiger partial charge >= 0.3 is 0 Å². The zero-order valence-corrected chi connectivity index (χ0v) is 11.2. The van der Waals surface area contributed by atoms with Gasteiger partial charge in [0.1, 0.15) is 5.69 Å². The summed E-state index contributed by atoms with van der Waals surface area (Å²) in [5.74, 6) is -6.02. The lowest BCUT2D eigenvalue weighted by Gasteiger charge is -2.16. The molecular formula is C13H17F4N3. The topological polar surface area (TPSA) is 28.2 Å². The van der Waals surface area contributed by atoms with Gasteiger partial charge < -0.3 is 10.2 Å². The maximum absolute atomic E-state index is 13.4. The Kier molecular flexibility index (Phi) is 4.80. The summed E-state index contributed by atoms with van der Waals surface area (Å²) in [7, 11) is 0. The predicted octanol–water partition coefficient (Wildman–Crippen LogP) is 2.78. The van der Waals surface area contributed by atoms with E-state index in [1.54, 1.807) is 0 Å². The molecule has 0 aliphatic carbocycles. The summed E-state index contributed by atoms with van der Waals surface area (Å²) in [5.41, 5.74) is -0.774. The zero-order valence-electron chi connectivity index (χ0n) is 11.2. The second kappa shape index (κ2) is 6.39. The Hall–Kier alpha value is -1.37. The zero-order chi connectivity index (χ0) is 14.7. The Balaban J connectivity index is 1.98. The average Bonchev–Trinajstić information content (AvgIpc) is 2.85. The number of hydrogen-bond donors (Lipinski definition) is 1. The molecule has 0 spiro atoms. The number of aromatic nitrogens is 1. The monoisotopic (exact) mass is 291 g/mol. The van der Waals surface area contributed by atoms with Crippen LogP contribution in [0.1, 0.15) is 19.8 Å². The number of halogens is 4. The predicted molar refractivity (Wildman–Crippen MR) is 67.4 cm³/mol. The fourth-order valence-corrected chi connectivity index (χ4v) is 2.49. The van der Waals surface area contributed by atoms with Crippen LogP contribution in [0.2, 0.25) is 0 Å². The maximum Gasteiger partial charge on any atom is 0.253 e. The Bertz CT molecular complexity index is 455. The third-order valence-corrected chi connectivity index (χ3v) is 3.47. The second-order valence-corrected chi connectivity index (χ2v) is 5.03. The molecule has 3 nitrogen and oxygen atoms in total. The van der Waals surface area contributed by atoms with Crippen molar-refractivity contribution in [2.24, 2.45) is 5.92 Å². The summed E-state index contributed by atoms with van der Waals surface area (Å²) in [6, 6.07) is 0. The van der Waals surface area contributed by atoms with Crippen molar-refractivity contribution in [1.82, 2.24) is 9.88 Å². The smallest absolute Gasteiger partial charge is 0.253 e. The molecule has 0 bridgehead atoms. The normalized spacial score (nSPS) is 19.6. The molecule has 1 aliphatic rings. The molecule has 7 heteroatoms. The minimum absolute atomic E-state index is 0.208. The lowest BCUT2D eigenvalue weighted by molar-refractivity contribution is 0.327. The first kappa shape index (κ1) is 15.0. The Morgan fingerprint density at radius 1 is 1.20 bits per heavy atom. The van der Waals surface area contributed by atoms with Crippen molar-refractivity contribution in [1.29, 1.82) is 0 Å². The summed E-state index contributed by atoms with van der Waals surface area (Å²) in [6.07, 6.45) is 1.94. The van der Waals surface area contributed by atoms with Gasteiger partial charge in [-0.25, -0.2) is 0 Å². The van der Waals surface area contributed by atoms with Crippen molar-refractivity contribution in [2.75, 3.05) is 31.5 Å². The molecule has 1 unspecified atom stereocenters. The van der Waals surface area contributed by atoms with Gasteiger partial charge in [0, 0.05) is 13.1 Å². The highest BCUT2D eigenvalue weighted by molar-refractivity contribution is 5.45. The number of hydrogen-bond acceptors (Lipinski definition) is 3. The van der Waals surface area contributed by atoms with Crippen LogP contribution in [0.5, 0.6) is 0 Å². The van der Waals surface area contributed by atoms with E-state index in [0.29, 0.717) is 0 Å². The number of nitrogens with one attached hydrogen (secondary N) is 1. The van der Waals surface area contributed by atoms with E-state index in [1.165, 1.54) is 0 Å². The van der Waals surface area contributed by atoms with Gasteiger partial charge in [-0.3, -0.25) is 0 Å². The molecular weight excluding hydrogens is 274 g/mol.